The molecule has 35 atom stereocenters. The zero-order valence-electron chi connectivity index (χ0n) is 54.9. The van der Waals surface area contributed by atoms with E-state index < -0.39 is 291 Å². The zero-order valence-corrected chi connectivity index (χ0v) is 56.6. The maximum Gasteiger partial charge on any atom is 0.298 e. The van der Waals surface area contributed by atoms with Gasteiger partial charge in [-0.1, -0.05) is 35.4 Å². The number of hydrogen-bond donors (Lipinski definition) is 19. The van der Waals surface area contributed by atoms with Gasteiger partial charge in [0.15, 0.2) is 56.2 Å². The lowest BCUT2D eigenvalue weighted by atomic mass is 9.95. The second kappa shape index (κ2) is 32.8. The lowest BCUT2D eigenvalue weighted by molar-refractivity contribution is -0.396. The molecule has 2 aromatic rings. The summed E-state index contributed by atoms with van der Waals surface area (Å²) in [7, 11) is -10.4. The van der Waals surface area contributed by atoms with Crippen LogP contribution in [-0.4, -0.2) is 375 Å². The Hall–Kier alpha value is -3.06. The van der Waals surface area contributed by atoms with E-state index in [1.54, 1.807) is 13.8 Å². The predicted molar refractivity (Wildman–Crippen MR) is 322 cm³/mol. The molecule has 15 saturated heterocycles. The SMILES string of the molecule is Cc1cc(C)c(S(=O)(=O)O[C@H]2[C@H]3O[C@H]4[C@H](O)[C@@H](OS(=O)(=O)c5c(C)cc(C)cc5C)[C@@H](O[C@H]5[C@H](O)C(O)[C@@H](O[C@H]6[C@H](O)C(O)[C@@H](O[C@H]7[C@H](O)[C@@H](O)[C@@H](O[C@H]8[C@H](O)[C@@H](O)[C@@H](O[C@H]9[C@H](O)[C@@H](O)[C@@H](O[C@@H]([C@@H]2O)[C@@H](CO)O3)O[C@@H]9CO)O[C@@H]8CO)O[C@@H]7CO)O[C@@H]6CO)O[C@@H]5CO)O[C@@H]4CO)c(C)c1. The van der Waals surface area contributed by atoms with E-state index >= 15 is 0 Å². The van der Waals surface area contributed by atoms with Crippen LogP contribution in [0.3, 0.4) is 0 Å². The van der Waals surface area contributed by atoms with Gasteiger partial charge in [0, 0.05) is 0 Å². The van der Waals surface area contributed by atoms with Crippen molar-refractivity contribution >= 4 is 20.2 Å². The molecule has 2 aromatic carbocycles. The first kappa shape index (κ1) is 80.5. The van der Waals surface area contributed by atoms with Gasteiger partial charge in [-0.2, -0.15) is 16.8 Å². The fraction of sp³-hybridized carbons (Fsp3) is 0.800. The highest BCUT2D eigenvalue weighted by Gasteiger charge is 2.61. The van der Waals surface area contributed by atoms with Crippen LogP contribution in [0.15, 0.2) is 34.1 Å². The van der Waals surface area contributed by atoms with Crippen molar-refractivity contribution in [3.63, 3.8) is 0 Å². The van der Waals surface area contributed by atoms with Crippen molar-refractivity contribution in [2.24, 2.45) is 0 Å². The van der Waals surface area contributed by atoms with Crippen molar-refractivity contribution in [1.29, 1.82) is 0 Å². The quantitative estimate of drug-likeness (QED) is 0.0828. The summed E-state index contributed by atoms with van der Waals surface area (Å²) in [6, 6.07) is 5.88. The lowest BCUT2D eigenvalue weighted by Crippen LogP contribution is -2.69. The normalized spacial score (nSPS) is 45.3. The Balaban J connectivity index is 1.04. The molecule has 19 N–H and O–H groups in total. The maximum absolute atomic E-state index is 14.7. The molecule has 15 heterocycles. The third-order valence-electron chi connectivity index (χ3n) is 18.9. The van der Waals surface area contributed by atoms with Crippen LogP contribution in [0.5, 0.6) is 0 Å². The molecule has 2 unspecified atom stereocenters. The zero-order chi connectivity index (χ0) is 73.9. The molecule has 0 aromatic heterocycles. The van der Waals surface area contributed by atoms with E-state index in [1.165, 1.54) is 52.0 Å². The molecule has 576 valence electrons. The summed E-state index contributed by atoms with van der Waals surface area (Å²) < 4.78 is 153. The van der Waals surface area contributed by atoms with Crippen LogP contribution in [0.4, 0.5) is 0 Å². The van der Waals surface area contributed by atoms with Gasteiger partial charge >= 0.3 is 0 Å². The maximum atomic E-state index is 14.7. The highest BCUT2D eigenvalue weighted by atomic mass is 32.2. The molecule has 41 heteroatoms. The predicted octanol–water partition coefficient (Wildman–Crippen LogP) is -10.6. The van der Waals surface area contributed by atoms with Gasteiger partial charge in [0.2, 0.25) is 0 Å². The van der Waals surface area contributed by atoms with Crippen molar-refractivity contribution < 1.29 is 189 Å². The van der Waals surface area contributed by atoms with E-state index in [1.807, 2.05) is 0 Å². The highest BCUT2D eigenvalue weighted by molar-refractivity contribution is 7.87. The number of aliphatic hydroxyl groups excluding tert-OH is 19. The fourth-order valence-corrected chi connectivity index (χ4v) is 17.1. The van der Waals surface area contributed by atoms with Crippen LogP contribution in [-0.2, 0) is 94.9 Å². The van der Waals surface area contributed by atoms with Crippen LogP contribution >= 0.6 is 0 Å². The standard InChI is InChI=1S/C60H90O39S2/c1-18-7-20(3)52(21(4)8-18)100(80,81)98-50-41(78)48-29(16-66)89-60(50)97-49-30(17-67)90-59(51(42(49)79)99-101(82,83)53-22(5)9-19(2)10-23(53)6)96-47-28(15-65)88-57(40(77)35(47)72)94-45-26(13-63)86-55(38(75)33(45)70)92-43-24(11-61)84-54(36(73)31(43)68)91-44-25(12-62)85-56(37(74)32(44)69)93-46-27(14-64)87-58(95-48)39(76)34(46)71/h7-10,24-51,54-79H,11-17H2,1-6H3/t24-,25-,26-,27-,28-,29-,30-,31-,32-,33-,34-,35-,36-,37-,38?,39-,40?,41+,42+,43-,44-,45-,46-,47-,48-,49-,50-,51-,54-,55-,56-,57-,58-,59-,60-/m1/s1. The molecular formula is C60H90O39S2. The molecule has 0 spiro atoms. The first-order chi connectivity index (χ1) is 47.7. The second-order valence-corrected chi connectivity index (χ2v) is 29.2. The summed E-state index contributed by atoms with van der Waals surface area (Å²) in [5, 5.41) is 217. The van der Waals surface area contributed by atoms with Crippen LogP contribution < -0.4 is 0 Å². The Kier molecular flexibility index (Phi) is 26.1. The van der Waals surface area contributed by atoms with E-state index in [4.69, 9.17) is 74.7 Å². The van der Waals surface area contributed by atoms with Crippen molar-refractivity contribution in [3.8, 4) is 0 Å². The van der Waals surface area contributed by atoms with E-state index in [0.29, 0.717) is 11.1 Å². The third-order valence-corrected chi connectivity index (χ3v) is 22.2. The van der Waals surface area contributed by atoms with Gasteiger partial charge in [0.05, 0.1) is 56.0 Å². The molecule has 15 fully saturated rings. The van der Waals surface area contributed by atoms with Gasteiger partial charge in [0.25, 0.3) is 20.2 Å². The molecule has 0 saturated carbocycles. The van der Waals surface area contributed by atoms with E-state index in [-0.39, 0.29) is 22.3 Å². The Morgan fingerprint density at radius 2 is 0.436 bits per heavy atom. The first-order valence-electron chi connectivity index (χ1n) is 32.3. The Bertz CT molecular complexity index is 3180. The number of fused-ring (bicyclic) bond motifs is 7. The number of aliphatic hydroxyl groups is 19. The van der Waals surface area contributed by atoms with E-state index in [9.17, 15) is 114 Å². The molecule has 0 amide bonds. The second-order valence-electron chi connectivity index (χ2n) is 26.2. The molecule has 0 radical (unpaired) electrons. The van der Waals surface area contributed by atoms with Gasteiger partial charge in [-0.15, -0.1) is 0 Å². The topological polar surface area (TPSA) is 600 Å². The number of hydrogen-bond acceptors (Lipinski definition) is 39. The minimum Gasteiger partial charge on any atom is -0.394 e. The molecule has 14 bridgehead atoms. The Morgan fingerprint density at radius 3 is 0.624 bits per heavy atom. The third kappa shape index (κ3) is 16.1. The minimum absolute atomic E-state index is 0.105. The summed E-state index contributed by atoms with van der Waals surface area (Å²) in [6.07, 6.45) is -76.7. The minimum atomic E-state index is -5.20. The lowest BCUT2D eigenvalue weighted by Gasteiger charge is -2.50. The molecule has 0 aliphatic carbocycles. The Morgan fingerprint density at radius 1 is 0.267 bits per heavy atom. The largest absolute Gasteiger partial charge is 0.394 e. The molecule has 17 rings (SSSR count). The van der Waals surface area contributed by atoms with Gasteiger partial charge in [0.1, 0.15) is 159 Å². The fourth-order valence-electron chi connectivity index (χ4n) is 14.1. The summed E-state index contributed by atoms with van der Waals surface area (Å²) in [4.78, 5) is -0.925. The van der Waals surface area contributed by atoms with Gasteiger partial charge in [-0.3, -0.25) is 8.37 Å². The van der Waals surface area contributed by atoms with Crippen molar-refractivity contribution in [1.82, 2.24) is 0 Å². The average molecular weight is 1500 g/mol. The number of benzene rings is 2. The summed E-state index contributed by atoms with van der Waals surface area (Å²) >= 11 is 0. The molecule has 15 aliphatic rings. The summed E-state index contributed by atoms with van der Waals surface area (Å²) in [6.45, 7) is 0.757. The average Bonchev–Trinajstić information content (AvgIpc) is 0.782. The van der Waals surface area contributed by atoms with Crippen LogP contribution in [0.2, 0.25) is 0 Å². The van der Waals surface area contributed by atoms with Gasteiger partial charge in [-0.25, -0.2) is 0 Å². The van der Waals surface area contributed by atoms with E-state index in [2.05, 4.69) is 0 Å². The van der Waals surface area contributed by atoms with Crippen molar-refractivity contribution in [2.75, 3.05) is 46.2 Å². The van der Waals surface area contributed by atoms with Crippen LogP contribution in [0, 0.1) is 41.5 Å². The van der Waals surface area contributed by atoms with Gasteiger partial charge < -0.3 is 163 Å². The van der Waals surface area contributed by atoms with Gasteiger partial charge in [-0.05, 0) is 63.8 Å². The smallest absolute Gasteiger partial charge is 0.298 e. The van der Waals surface area contributed by atoms with Crippen LogP contribution in [0.1, 0.15) is 33.4 Å². The number of ether oxygens (including phenoxy) is 14. The summed E-state index contributed by atoms with van der Waals surface area (Å²) in [5.74, 6) is 0. The van der Waals surface area contributed by atoms with Crippen molar-refractivity contribution in [2.45, 2.75) is 266 Å². The molecule has 101 heavy (non-hydrogen) atoms. The molecule has 15 aliphatic heterocycles. The highest BCUT2D eigenvalue weighted by Crippen LogP contribution is 2.42. The summed E-state index contributed by atoms with van der Waals surface area (Å²) in [5.41, 5.74) is 1.62. The monoisotopic (exact) mass is 1500 g/mol. The van der Waals surface area contributed by atoms with E-state index in [0.717, 1.165) is 0 Å². The number of aryl methyl sites for hydroxylation is 6. The molecular weight excluding hydrogens is 1410 g/mol. The molecule has 39 nitrogen and oxygen atoms in total. The Labute approximate surface area is 577 Å². The van der Waals surface area contributed by atoms with Crippen LogP contribution in [0.25, 0.3) is 0 Å². The first-order valence-corrected chi connectivity index (χ1v) is 35.1. The number of rotatable bonds is 13. The van der Waals surface area contributed by atoms with Crippen molar-refractivity contribution in [3.05, 3.63) is 57.6 Å².